The van der Waals surface area contributed by atoms with Gasteiger partial charge in [0.25, 0.3) is 0 Å². The zero-order valence-corrected chi connectivity index (χ0v) is 11.2. The number of ether oxygens (including phenoxy) is 3. The van der Waals surface area contributed by atoms with Crippen molar-refractivity contribution < 1.29 is 28.9 Å². The molecule has 1 aliphatic heterocycles. The Morgan fingerprint density at radius 3 is 2.59 bits per heavy atom. The predicted molar refractivity (Wildman–Crippen MR) is 60.4 cm³/mol. The molecule has 0 aromatic heterocycles. The Balaban J connectivity index is 2.64. The number of esters is 2. The number of hydrogen-bond acceptors (Lipinski definition) is 6. The van der Waals surface area contributed by atoms with E-state index in [-0.39, 0.29) is 11.4 Å². The Labute approximate surface area is 107 Å². The van der Waals surface area contributed by atoms with Gasteiger partial charge in [0.05, 0.1) is 4.83 Å². The molecule has 0 aliphatic carbocycles. The SMILES string of the molecule is CC(=O)OC[C@H]1O[C@H](O)C[C@@H](Br)[C@@H]1OC(C)=O. The molecule has 0 bridgehead atoms. The van der Waals surface area contributed by atoms with Crippen LogP contribution >= 0.6 is 15.9 Å². The van der Waals surface area contributed by atoms with Crippen molar-refractivity contribution in [2.75, 3.05) is 6.61 Å². The lowest BCUT2D eigenvalue weighted by Crippen LogP contribution is -2.50. The summed E-state index contributed by atoms with van der Waals surface area (Å²) in [6.07, 6.45) is -1.92. The molecule has 1 aliphatic rings. The van der Waals surface area contributed by atoms with E-state index < -0.39 is 30.4 Å². The van der Waals surface area contributed by atoms with Crippen molar-refractivity contribution in [2.24, 2.45) is 0 Å². The van der Waals surface area contributed by atoms with E-state index in [2.05, 4.69) is 15.9 Å². The minimum atomic E-state index is -0.966. The number of hydrogen-bond donors (Lipinski definition) is 1. The van der Waals surface area contributed by atoms with Crippen LogP contribution in [0.1, 0.15) is 20.3 Å². The van der Waals surface area contributed by atoms with Gasteiger partial charge in [-0.05, 0) is 0 Å². The fourth-order valence-electron chi connectivity index (χ4n) is 1.57. The zero-order valence-electron chi connectivity index (χ0n) is 9.59. The minimum Gasteiger partial charge on any atom is -0.463 e. The molecule has 0 radical (unpaired) electrons. The summed E-state index contributed by atoms with van der Waals surface area (Å²) in [5.41, 5.74) is 0. The number of alkyl halides is 1. The average molecular weight is 311 g/mol. The molecule has 0 amide bonds. The van der Waals surface area contributed by atoms with Crippen LogP contribution < -0.4 is 0 Å². The van der Waals surface area contributed by atoms with E-state index in [1.54, 1.807) is 0 Å². The molecule has 4 atom stereocenters. The fourth-order valence-corrected chi connectivity index (χ4v) is 2.34. The molecular weight excluding hydrogens is 296 g/mol. The van der Waals surface area contributed by atoms with Gasteiger partial charge in [-0.1, -0.05) is 15.9 Å². The number of carbonyl (C=O) groups excluding carboxylic acids is 2. The highest BCUT2D eigenvalue weighted by Gasteiger charge is 2.39. The van der Waals surface area contributed by atoms with Gasteiger partial charge in [-0.15, -0.1) is 0 Å². The first kappa shape index (κ1) is 14.4. The number of aliphatic hydroxyl groups is 1. The summed E-state index contributed by atoms with van der Waals surface area (Å²) in [6, 6.07) is 0. The highest BCUT2D eigenvalue weighted by atomic mass is 79.9. The molecule has 6 nitrogen and oxygen atoms in total. The van der Waals surface area contributed by atoms with E-state index in [0.717, 1.165) is 0 Å². The lowest BCUT2D eigenvalue weighted by atomic mass is 10.0. The van der Waals surface area contributed by atoms with Gasteiger partial charge in [0.2, 0.25) is 0 Å². The summed E-state index contributed by atoms with van der Waals surface area (Å²) in [7, 11) is 0. The molecular formula is C10H15BrO6. The van der Waals surface area contributed by atoms with Crippen molar-refractivity contribution in [3.8, 4) is 0 Å². The first-order valence-corrected chi connectivity index (χ1v) is 6.10. The van der Waals surface area contributed by atoms with Gasteiger partial charge >= 0.3 is 11.9 Å². The highest BCUT2D eigenvalue weighted by Crippen LogP contribution is 2.27. The van der Waals surface area contributed by atoms with Crippen LogP contribution in [0, 0.1) is 0 Å². The van der Waals surface area contributed by atoms with Gasteiger partial charge in [0, 0.05) is 20.3 Å². The van der Waals surface area contributed by atoms with E-state index in [9.17, 15) is 14.7 Å². The third-order valence-corrected chi connectivity index (χ3v) is 3.13. The van der Waals surface area contributed by atoms with Crippen molar-refractivity contribution in [1.29, 1.82) is 0 Å². The average Bonchev–Trinajstić information content (AvgIpc) is 2.18. The Hall–Kier alpha value is -0.660. The molecule has 0 spiro atoms. The van der Waals surface area contributed by atoms with Crippen LogP contribution in [0.2, 0.25) is 0 Å². The summed E-state index contributed by atoms with van der Waals surface area (Å²) in [5, 5.41) is 9.43. The second-order valence-corrected chi connectivity index (χ2v) is 4.93. The lowest BCUT2D eigenvalue weighted by Gasteiger charge is -2.36. The van der Waals surface area contributed by atoms with Crippen LogP contribution in [0.5, 0.6) is 0 Å². The van der Waals surface area contributed by atoms with Gasteiger partial charge in [-0.25, -0.2) is 0 Å². The first-order chi connectivity index (χ1) is 7.90. The molecule has 98 valence electrons. The van der Waals surface area contributed by atoms with Crippen molar-refractivity contribution in [2.45, 2.75) is 43.6 Å². The topological polar surface area (TPSA) is 82.1 Å². The monoisotopic (exact) mass is 310 g/mol. The molecule has 0 aromatic rings. The standard InChI is InChI=1S/C10H15BrO6/c1-5(12)15-4-8-10(16-6(2)13)7(11)3-9(14)17-8/h7-10,14H,3-4H2,1-2H3/t7-,8-,9+,10+/m1/s1. The van der Waals surface area contributed by atoms with Crippen molar-refractivity contribution in [3.05, 3.63) is 0 Å². The van der Waals surface area contributed by atoms with E-state index in [1.165, 1.54) is 13.8 Å². The Morgan fingerprint density at radius 2 is 2.06 bits per heavy atom. The molecule has 0 aromatic carbocycles. The second-order valence-electron chi connectivity index (χ2n) is 3.76. The number of halogens is 1. The van der Waals surface area contributed by atoms with Crippen molar-refractivity contribution >= 4 is 27.9 Å². The van der Waals surface area contributed by atoms with Gasteiger partial charge < -0.3 is 19.3 Å². The third kappa shape index (κ3) is 4.61. The van der Waals surface area contributed by atoms with Crippen LogP contribution in [0.4, 0.5) is 0 Å². The van der Waals surface area contributed by atoms with E-state index in [0.29, 0.717) is 6.42 Å². The Morgan fingerprint density at radius 1 is 1.41 bits per heavy atom. The van der Waals surface area contributed by atoms with E-state index in [1.807, 2.05) is 0 Å². The Bertz CT molecular complexity index is 295. The molecule has 7 heteroatoms. The third-order valence-electron chi connectivity index (χ3n) is 2.23. The molecule has 0 saturated carbocycles. The summed E-state index contributed by atoms with van der Waals surface area (Å²) >= 11 is 3.31. The van der Waals surface area contributed by atoms with E-state index >= 15 is 0 Å². The van der Waals surface area contributed by atoms with Gasteiger partial charge in [0.15, 0.2) is 6.29 Å². The number of aliphatic hydroxyl groups excluding tert-OH is 1. The first-order valence-electron chi connectivity index (χ1n) is 5.18. The second kappa shape index (κ2) is 6.32. The smallest absolute Gasteiger partial charge is 0.303 e. The fraction of sp³-hybridized carbons (Fsp3) is 0.800. The molecule has 1 N–H and O–H groups in total. The summed E-state index contributed by atoms with van der Waals surface area (Å²) in [6.45, 7) is 2.49. The highest BCUT2D eigenvalue weighted by molar-refractivity contribution is 9.09. The molecule has 17 heavy (non-hydrogen) atoms. The van der Waals surface area contributed by atoms with Crippen LogP contribution in [0.3, 0.4) is 0 Å². The van der Waals surface area contributed by atoms with Gasteiger partial charge in [0.1, 0.15) is 18.8 Å². The molecule has 1 saturated heterocycles. The van der Waals surface area contributed by atoms with Crippen LogP contribution in [-0.4, -0.2) is 47.0 Å². The molecule has 1 fully saturated rings. The predicted octanol–water partition coefficient (Wildman–Crippen LogP) is 0.352. The van der Waals surface area contributed by atoms with Crippen LogP contribution in [-0.2, 0) is 23.8 Å². The molecule has 1 rings (SSSR count). The maximum absolute atomic E-state index is 11.0. The minimum absolute atomic E-state index is 0.0631. The largest absolute Gasteiger partial charge is 0.463 e. The van der Waals surface area contributed by atoms with Crippen molar-refractivity contribution in [1.82, 2.24) is 0 Å². The molecule has 1 heterocycles. The maximum atomic E-state index is 11.0. The van der Waals surface area contributed by atoms with Crippen LogP contribution in [0.15, 0.2) is 0 Å². The maximum Gasteiger partial charge on any atom is 0.303 e. The summed E-state index contributed by atoms with van der Waals surface area (Å²) < 4.78 is 15.1. The zero-order chi connectivity index (χ0) is 13.0. The number of carbonyl (C=O) groups is 2. The quantitative estimate of drug-likeness (QED) is 0.598. The van der Waals surface area contributed by atoms with Gasteiger partial charge in [-0.2, -0.15) is 0 Å². The van der Waals surface area contributed by atoms with Crippen molar-refractivity contribution in [3.63, 3.8) is 0 Å². The van der Waals surface area contributed by atoms with E-state index in [4.69, 9.17) is 14.2 Å². The number of rotatable bonds is 3. The lowest BCUT2D eigenvalue weighted by molar-refractivity contribution is -0.218. The summed E-state index contributed by atoms with van der Waals surface area (Å²) in [4.78, 5) is 21.4. The Kier molecular flexibility index (Phi) is 5.35. The molecule has 0 unspecified atom stereocenters. The van der Waals surface area contributed by atoms with Gasteiger partial charge in [-0.3, -0.25) is 9.59 Å². The normalized spacial score (nSPS) is 32.9. The summed E-state index contributed by atoms with van der Waals surface area (Å²) in [5.74, 6) is -0.909. The van der Waals surface area contributed by atoms with Crippen LogP contribution in [0.25, 0.3) is 0 Å².